The molecule has 3 nitrogen and oxygen atoms in total. The molecule has 1 aliphatic rings. The largest absolute Gasteiger partial charge is 0.465 e. The molecule has 1 atom stereocenters. The Labute approximate surface area is 73.4 Å². The van der Waals surface area contributed by atoms with Gasteiger partial charge in [0.05, 0.1) is 0 Å². The molecule has 0 radical (unpaired) electrons. The highest BCUT2D eigenvalue weighted by Gasteiger charge is 2.21. The van der Waals surface area contributed by atoms with Crippen LogP contribution in [0.3, 0.4) is 0 Å². The maximum absolute atomic E-state index is 10.6. The highest BCUT2D eigenvalue weighted by Crippen LogP contribution is 2.20. The number of rotatable bonds is 2. The number of likely N-dealkylation sites (tertiary alicyclic amines) is 1. The number of carboxylic acid groups (broad SMARTS) is 1. The fourth-order valence-corrected chi connectivity index (χ4v) is 1.88. The van der Waals surface area contributed by atoms with Gasteiger partial charge in [0.2, 0.25) is 0 Å². The number of nitrogens with zero attached hydrogens (tertiary/aromatic N) is 1. The lowest BCUT2D eigenvalue weighted by Gasteiger charge is -2.30. The summed E-state index contributed by atoms with van der Waals surface area (Å²) in [4.78, 5) is 12.2. The Hall–Kier alpha value is -0.730. The highest BCUT2D eigenvalue weighted by atomic mass is 16.4. The van der Waals surface area contributed by atoms with Crippen molar-refractivity contribution in [3.8, 4) is 0 Å². The minimum atomic E-state index is -0.754. The van der Waals surface area contributed by atoms with E-state index >= 15 is 0 Å². The van der Waals surface area contributed by atoms with Crippen LogP contribution < -0.4 is 0 Å². The van der Waals surface area contributed by atoms with Crippen molar-refractivity contribution in [2.24, 2.45) is 5.92 Å². The number of carbonyl (C=O) groups is 1. The van der Waals surface area contributed by atoms with Gasteiger partial charge < -0.3 is 10.0 Å². The predicted molar refractivity (Wildman–Crippen MR) is 47.2 cm³/mol. The first-order valence-electron chi connectivity index (χ1n) is 4.72. The third-order valence-electron chi connectivity index (χ3n) is 2.49. The van der Waals surface area contributed by atoms with Crippen molar-refractivity contribution in [2.75, 3.05) is 13.1 Å². The van der Waals surface area contributed by atoms with Gasteiger partial charge in [-0.15, -0.1) is 0 Å². The van der Waals surface area contributed by atoms with E-state index in [4.69, 9.17) is 5.11 Å². The van der Waals surface area contributed by atoms with Crippen molar-refractivity contribution >= 4 is 6.09 Å². The Morgan fingerprint density at radius 1 is 1.67 bits per heavy atom. The number of amides is 1. The zero-order valence-corrected chi connectivity index (χ0v) is 7.62. The topological polar surface area (TPSA) is 40.5 Å². The minimum Gasteiger partial charge on any atom is -0.465 e. The van der Waals surface area contributed by atoms with Crippen LogP contribution in [0.4, 0.5) is 4.79 Å². The van der Waals surface area contributed by atoms with Crippen molar-refractivity contribution < 1.29 is 9.90 Å². The molecule has 70 valence electrons. The standard InChI is InChI=1S/C9H17NO2/c1-2-4-8-5-3-6-10(7-8)9(11)12/h8H,2-7H2,1H3,(H,11,12). The van der Waals surface area contributed by atoms with Crippen molar-refractivity contribution in [3.05, 3.63) is 0 Å². The summed E-state index contributed by atoms with van der Waals surface area (Å²) in [5, 5.41) is 8.75. The van der Waals surface area contributed by atoms with Gasteiger partial charge in [-0.05, 0) is 25.2 Å². The van der Waals surface area contributed by atoms with E-state index in [2.05, 4.69) is 6.92 Å². The summed E-state index contributed by atoms with van der Waals surface area (Å²) in [7, 11) is 0. The molecule has 12 heavy (non-hydrogen) atoms. The molecule has 0 spiro atoms. The van der Waals surface area contributed by atoms with E-state index < -0.39 is 6.09 Å². The van der Waals surface area contributed by atoms with Gasteiger partial charge in [-0.2, -0.15) is 0 Å². The first-order chi connectivity index (χ1) is 5.74. The van der Waals surface area contributed by atoms with Gasteiger partial charge in [0.25, 0.3) is 0 Å². The van der Waals surface area contributed by atoms with Crippen LogP contribution in [0.5, 0.6) is 0 Å². The van der Waals surface area contributed by atoms with Gasteiger partial charge in [0.15, 0.2) is 0 Å². The SMILES string of the molecule is CCCC1CCCN(C(=O)O)C1. The quantitative estimate of drug-likeness (QED) is 0.691. The first-order valence-corrected chi connectivity index (χ1v) is 4.72. The maximum atomic E-state index is 10.6. The molecule has 1 amide bonds. The lowest BCUT2D eigenvalue weighted by Crippen LogP contribution is -2.38. The smallest absolute Gasteiger partial charge is 0.407 e. The summed E-state index contributed by atoms with van der Waals surface area (Å²) >= 11 is 0. The maximum Gasteiger partial charge on any atom is 0.407 e. The Bertz CT molecular complexity index is 157. The van der Waals surface area contributed by atoms with E-state index in [1.165, 1.54) is 12.8 Å². The van der Waals surface area contributed by atoms with Gasteiger partial charge >= 0.3 is 6.09 Å². The molecule has 1 rings (SSSR count). The van der Waals surface area contributed by atoms with E-state index in [9.17, 15) is 4.79 Å². The average Bonchev–Trinajstić information content (AvgIpc) is 2.05. The van der Waals surface area contributed by atoms with Crippen molar-refractivity contribution in [3.63, 3.8) is 0 Å². The van der Waals surface area contributed by atoms with Gasteiger partial charge in [0.1, 0.15) is 0 Å². The fourth-order valence-electron chi connectivity index (χ4n) is 1.88. The molecule has 0 aromatic carbocycles. The average molecular weight is 171 g/mol. The van der Waals surface area contributed by atoms with E-state index in [1.54, 1.807) is 4.90 Å². The molecular weight excluding hydrogens is 154 g/mol. The van der Waals surface area contributed by atoms with E-state index in [-0.39, 0.29) is 0 Å². The summed E-state index contributed by atoms with van der Waals surface area (Å²) in [6.45, 7) is 3.64. The van der Waals surface area contributed by atoms with Gasteiger partial charge in [-0.3, -0.25) is 0 Å². The van der Waals surface area contributed by atoms with Gasteiger partial charge in [0, 0.05) is 13.1 Å². The third kappa shape index (κ3) is 2.40. The summed E-state index contributed by atoms with van der Waals surface area (Å²) < 4.78 is 0. The second kappa shape index (κ2) is 4.33. The van der Waals surface area contributed by atoms with Gasteiger partial charge in [-0.1, -0.05) is 13.3 Å². The molecule has 1 heterocycles. The zero-order chi connectivity index (χ0) is 8.97. The molecule has 0 aliphatic carbocycles. The zero-order valence-electron chi connectivity index (χ0n) is 7.62. The van der Waals surface area contributed by atoms with Crippen molar-refractivity contribution in [1.29, 1.82) is 0 Å². The molecule has 0 aromatic heterocycles. The Kier molecular flexibility index (Phi) is 3.38. The van der Waals surface area contributed by atoms with Crippen LogP contribution in [0.25, 0.3) is 0 Å². The monoisotopic (exact) mass is 171 g/mol. The minimum absolute atomic E-state index is 0.611. The Morgan fingerprint density at radius 3 is 3.00 bits per heavy atom. The summed E-state index contributed by atoms with van der Waals surface area (Å²) in [5.41, 5.74) is 0. The lowest BCUT2D eigenvalue weighted by molar-refractivity contribution is 0.118. The normalized spacial score (nSPS) is 24.1. The van der Waals surface area contributed by atoms with Crippen LogP contribution in [0.1, 0.15) is 32.6 Å². The van der Waals surface area contributed by atoms with Crippen LogP contribution in [0, 0.1) is 5.92 Å². The molecular formula is C9H17NO2. The molecule has 0 bridgehead atoms. The lowest BCUT2D eigenvalue weighted by atomic mass is 9.94. The van der Waals surface area contributed by atoms with Crippen molar-refractivity contribution in [2.45, 2.75) is 32.6 Å². The highest BCUT2D eigenvalue weighted by molar-refractivity contribution is 5.65. The number of hydrogen-bond acceptors (Lipinski definition) is 1. The summed E-state index contributed by atoms with van der Waals surface area (Å²) in [5.74, 6) is 0.611. The summed E-state index contributed by atoms with van der Waals surface area (Å²) in [6, 6.07) is 0. The molecule has 1 fully saturated rings. The first kappa shape index (κ1) is 9.36. The number of hydrogen-bond donors (Lipinski definition) is 1. The van der Waals surface area contributed by atoms with Crippen LogP contribution in [0.2, 0.25) is 0 Å². The molecule has 1 unspecified atom stereocenters. The van der Waals surface area contributed by atoms with Crippen LogP contribution >= 0.6 is 0 Å². The van der Waals surface area contributed by atoms with E-state index in [0.29, 0.717) is 5.92 Å². The predicted octanol–water partition coefficient (Wildman–Crippen LogP) is 2.18. The van der Waals surface area contributed by atoms with Crippen LogP contribution in [0.15, 0.2) is 0 Å². The van der Waals surface area contributed by atoms with E-state index in [1.807, 2.05) is 0 Å². The fraction of sp³-hybridized carbons (Fsp3) is 0.889. The number of piperidine rings is 1. The van der Waals surface area contributed by atoms with Crippen LogP contribution in [-0.2, 0) is 0 Å². The Balaban J connectivity index is 2.35. The second-order valence-electron chi connectivity index (χ2n) is 3.53. The molecule has 0 saturated carbocycles. The molecule has 1 aliphatic heterocycles. The third-order valence-corrected chi connectivity index (χ3v) is 2.49. The van der Waals surface area contributed by atoms with E-state index in [0.717, 1.165) is 25.9 Å². The molecule has 1 N–H and O–H groups in total. The summed E-state index contributed by atoms with van der Waals surface area (Å²) in [6.07, 6.45) is 3.83. The molecule has 1 saturated heterocycles. The van der Waals surface area contributed by atoms with Gasteiger partial charge in [-0.25, -0.2) is 4.79 Å². The van der Waals surface area contributed by atoms with Crippen LogP contribution in [-0.4, -0.2) is 29.2 Å². The molecule has 0 aromatic rings. The Morgan fingerprint density at radius 2 is 2.42 bits per heavy atom. The molecule has 3 heteroatoms. The second-order valence-corrected chi connectivity index (χ2v) is 3.53. The van der Waals surface area contributed by atoms with Crippen molar-refractivity contribution in [1.82, 2.24) is 4.90 Å².